The lowest BCUT2D eigenvalue weighted by atomic mass is 9.77. The molecule has 6 heteroatoms. The van der Waals surface area contributed by atoms with Crippen molar-refractivity contribution in [3.8, 4) is 5.88 Å². The second-order valence-electron chi connectivity index (χ2n) is 6.59. The molecule has 0 radical (unpaired) electrons. The second kappa shape index (κ2) is 6.03. The third-order valence-electron chi connectivity index (χ3n) is 4.47. The lowest BCUT2D eigenvalue weighted by molar-refractivity contribution is 0.00578. The van der Waals surface area contributed by atoms with Crippen molar-refractivity contribution < 1.29 is 14.0 Å². The summed E-state index contributed by atoms with van der Waals surface area (Å²) in [5.41, 5.74) is 8.10. The van der Waals surface area contributed by atoms with Crippen molar-refractivity contribution >= 4 is 13.2 Å². The zero-order valence-corrected chi connectivity index (χ0v) is 14.3. The minimum Gasteiger partial charge on any atom is -0.481 e. The quantitative estimate of drug-likeness (QED) is 0.865. The van der Waals surface area contributed by atoms with Gasteiger partial charge in [0.15, 0.2) is 0 Å². The van der Waals surface area contributed by atoms with Crippen molar-refractivity contribution in [2.24, 2.45) is 5.73 Å². The lowest BCUT2D eigenvalue weighted by Gasteiger charge is -2.32. The van der Waals surface area contributed by atoms with E-state index < -0.39 is 7.12 Å². The van der Waals surface area contributed by atoms with Crippen molar-refractivity contribution in [3.63, 3.8) is 0 Å². The maximum Gasteiger partial charge on any atom is 0.491 e. The van der Waals surface area contributed by atoms with Crippen LogP contribution in [0, 0.1) is 6.92 Å². The van der Waals surface area contributed by atoms with Gasteiger partial charge in [0.2, 0.25) is 5.88 Å². The summed E-state index contributed by atoms with van der Waals surface area (Å²) < 4.78 is 17.2. The summed E-state index contributed by atoms with van der Waals surface area (Å²) in [6.45, 7) is 10.5. The van der Waals surface area contributed by atoms with Crippen LogP contribution in [-0.4, -0.2) is 37.0 Å². The van der Waals surface area contributed by atoms with Crippen LogP contribution in [0.1, 0.15) is 38.8 Å². The highest BCUT2D eigenvalue weighted by molar-refractivity contribution is 6.55. The number of hydrogen-bond donors (Lipinski definition) is 1. The Labute approximate surface area is 133 Å². The molecule has 0 aliphatic carbocycles. The molecule has 2 heterocycles. The van der Waals surface area contributed by atoms with Crippen molar-refractivity contribution in [3.05, 3.63) is 28.9 Å². The fourth-order valence-corrected chi connectivity index (χ4v) is 2.22. The molecule has 0 unspecified atom stereocenters. The van der Waals surface area contributed by atoms with Crippen LogP contribution in [0.25, 0.3) is 6.08 Å². The first-order valence-corrected chi connectivity index (χ1v) is 7.47. The van der Waals surface area contributed by atoms with Gasteiger partial charge >= 0.3 is 7.12 Å². The molecule has 1 aromatic rings. The highest BCUT2D eigenvalue weighted by atomic mass is 16.7. The minimum atomic E-state index is -0.434. The maximum atomic E-state index is 6.06. The van der Waals surface area contributed by atoms with Crippen LogP contribution in [0.3, 0.4) is 0 Å². The van der Waals surface area contributed by atoms with E-state index in [-0.39, 0.29) is 11.2 Å². The summed E-state index contributed by atoms with van der Waals surface area (Å²) >= 11 is 0. The average molecular weight is 304 g/mol. The molecule has 1 fully saturated rings. The predicted octanol–water partition coefficient (Wildman–Crippen LogP) is 2.37. The molecule has 0 saturated carbocycles. The standard InChI is InChI=1S/C16H25BN2O3/c1-11-7-14(20-6)19-10-12(11)8-13(9-18)17-21-15(2,3)16(4,5)22-17/h7-8,10H,9,18H2,1-6H3. The van der Waals surface area contributed by atoms with Gasteiger partial charge in [-0.3, -0.25) is 0 Å². The topological polar surface area (TPSA) is 66.6 Å². The van der Waals surface area contributed by atoms with Gasteiger partial charge in [0.1, 0.15) is 0 Å². The summed E-state index contributed by atoms with van der Waals surface area (Å²) in [5, 5.41) is 0. The summed E-state index contributed by atoms with van der Waals surface area (Å²) in [5.74, 6) is 0.597. The predicted molar refractivity (Wildman–Crippen MR) is 88.6 cm³/mol. The molecule has 0 amide bonds. The van der Waals surface area contributed by atoms with E-state index in [4.69, 9.17) is 19.8 Å². The molecule has 1 aliphatic rings. The highest BCUT2D eigenvalue weighted by Gasteiger charge is 2.52. The van der Waals surface area contributed by atoms with Crippen molar-refractivity contribution in [1.29, 1.82) is 0 Å². The molecule has 0 aromatic carbocycles. The Morgan fingerprint density at radius 1 is 1.32 bits per heavy atom. The van der Waals surface area contributed by atoms with Gasteiger partial charge in [-0.1, -0.05) is 6.08 Å². The molecule has 0 bridgehead atoms. The lowest BCUT2D eigenvalue weighted by Crippen LogP contribution is -2.41. The fourth-order valence-electron chi connectivity index (χ4n) is 2.22. The number of nitrogens with zero attached hydrogens (tertiary/aromatic N) is 1. The summed E-state index contributed by atoms with van der Waals surface area (Å²) in [4.78, 5) is 4.24. The number of methoxy groups -OCH3 is 1. The molecular formula is C16H25BN2O3. The molecule has 120 valence electrons. The first-order valence-electron chi connectivity index (χ1n) is 7.47. The molecule has 1 aliphatic heterocycles. The molecular weight excluding hydrogens is 279 g/mol. The number of aromatic nitrogens is 1. The molecule has 5 nitrogen and oxygen atoms in total. The second-order valence-corrected chi connectivity index (χ2v) is 6.59. The van der Waals surface area contributed by atoms with Crippen LogP contribution >= 0.6 is 0 Å². The first-order chi connectivity index (χ1) is 10.2. The monoisotopic (exact) mass is 304 g/mol. The normalized spacial score (nSPS) is 20.3. The summed E-state index contributed by atoms with van der Waals surface area (Å²) in [6, 6.07) is 1.89. The molecule has 2 rings (SSSR count). The largest absolute Gasteiger partial charge is 0.491 e. The summed E-state index contributed by atoms with van der Waals surface area (Å²) in [6.07, 6.45) is 3.76. The van der Waals surface area contributed by atoms with Crippen molar-refractivity contribution in [2.75, 3.05) is 13.7 Å². The van der Waals surface area contributed by atoms with Crippen molar-refractivity contribution in [2.45, 2.75) is 45.8 Å². The minimum absolute atomic E-state index is 0.363. The number of rotatable bonds is 4. The zero-order valence-electron chi connectivity index (χ0n) is 14.3. The van der Waals surface area contributed by atoms with Crippen LogP contribution in [0.15, 0.2) is 17.7 Å². The number of hydrogen-bond acceptors (Lipinski definition) is 5. The zero-order chi connectivity index (χ0) is 16.5. The number of nitrogens with two attached hydrogens (primary N) is 1. The van der Waals surface area contributed by atoms with E-state index in [0.29, 0.717) is 12.4 Å². The Morgan fingerprint density at radius 3 is 2.36 bits per heavy atom. The van der Waals surface area contributed by atoms with Crippen LogP contribution < -0.4 is 10.5 Å². The SMILES string of the molecule is COc1cc(C)c(C=C(CN)B2OC(C)(C)C(C)(C)O2)cn1. The van der Waals surface area contributed by atoms with Gasteiger partial charge in [0, 0.05) is 18.8 Å². The van der Waals surface area contributed by atoms with E-state index in [1.54, 1.807) is 13.3 Å². The van der Waals surface area contributed by atoms with Gasteiger partial charge in [-0.15, -0.1) is 0 Å². The molecule has 1 aromatic heterocycles. The van der Waals surface area contributed by atoms with E-state index in [0.717, 1.165) is 16.6 Å². The highest BCUT2D eigenvalue weighted by Crippen LogP contribution is 2.38. The average Bonchev–Trinajstić information content (AvgIpc) is 2.65. The smallest absolute Gasteiger partial charge is 0.481 e. The Kier molecular flexibility index (Phi) is 4.66. The number of aryl methyl sites for hydroxylation is 1. The van der Waals surface area contributed by atoms with Crippen LogP contribution in [0.5, 0.6) is 5.88 Å². The molecule has 2 N–H and O–H groups in total. The Hall–Kier alpha value is -1.37. The summed E-state index contributed by atoms with van der Waals surface area (Å²) in [7, 11) is 1.17. The third kappa shape index (κ3) is 3.19. The molecule has 0 spiro atoms. The fraction of sp³-hybridized carbons (Fsp3) is 0.562. The van der Waals surface area contributed by atoms with Gasteiger partial charge in [-0.25, -0.2) is 4.98 Å². The molecule has 22 heavy (non-hydrogen) atoms. The van der Waals surface area contributed by atoms with E-state index in [2.05, 4.69) is 4.98 Å². The van der Waals surface area contributed by atoms with Crippen LogP contribution in [-0.2, 0) is 9.31 Å². The van der Waals surface area contributed by atoms with E-state index in [9.17, 15) is 0 Å². The van der Waals surface area contributed by atoms with Crippen LogP contribution in [0.4, 0.5) is 0 Å². The van der Waals surface area contributed by atoms with E-state index >= 15 is 0 Å². The number of pyridine rings is 1. The van der Waals surface area contributed by atoms with Gasteiger partial charge in [-0.2, -0.15) is 0 Å². The van der Waals surface area contributed by atoms with Gasteiger partial charge in [0.25, 0.3) is 0 Å². The van der Waals surface area contributed by atoms with E-state index in [1.807, 2.05) is 46.8 Å². The molecule has 1 saturated heterocycles. The van der Waals surface area contributed by atoms with Gasteiger partial charge in [0.05, 0.1) is 18.3 Å². The van der Waals surface area contributed by atoms with Crippen LogP contribution in [0.2, 0.25) is 0 Å². The Balaban J connectivity index is 2.29. The maximum absolute atomic E-state index is 6.06. The van der Waals surface area contributed by atoms with Gasteiger partial charge < -0.3 is 19.8 Å². The first kappa shape index (κ1) is 17.0. The molecule has 0 atom stereocenters. The Morgan fingerprint density at radius 2 is 1.91 bits per heavy atom. The third-order valence-corrected chi connectivity index (χ3v) is 4.47. The van der Waals surface area contributed by atoms with Crippen molar-refractivity contribution in [1.82, 2.24) is 4.98 Å². The number of ether oxygens (including phenoxy) is 1. The van der Waals surface area contributed by atoms with Gasteiger partial charge in [-0.05, 0) is 51.2 Å². The van der Waals surface area contributed by atoms with E-state index in [1.165, 1.54) is 0 Å². The Bertz CT molecular complexity index is 569.